The van der Waals surface area contributed by atoms with E-state index in [9.17, 15) is 18.5 Å². The highest BCUT2D eigenvalue weighted by Crippen LogP contribution is 2.28. The molecule has 2 rings (SSSR count). The fourth-order valence-corrected chi connectivity index (χ4v) is 2.87. The Morgan fingerprint density at radius 1 is 1.24 bits per heavy atom. The van der Waals surface area contributed by atoms with Gasteiger partial charge in [-0.25, -0.2) is 13.6 Å². The van der Waals surface area contributed by atoms with E-state index >= 15 is 0 Å². The molecule has 2 aromatic rings. The molecule has 3 N–H and O–H groups in total. The number of nitrogens with zero attached hydrogens (tertiary/aromatic N) is 2. The Labute approximate surface area is 153 Å². The largest absolute Gasteiger partial charge is 0.295 e. The zero-order valence-corrected chi connectivity index (χ0v) is 15.1. The number of nitrogens with two attached hydrogens (primary N) is 1. The molecule has 0 heterocycles. The maximum atomic E-state index is 11.3. The van der Waals surface area contributed by atoms with Crippen molar-refractivity contribution in [1.29, 1.82) is 0 Å². The van der Waals surface area contributed by atoms with Crippen molar-refractivity contribution < 1.29 is 13.3 Å². The van der Waals surface area contributed by atoms with Crippen molar-refractivity contribution in [2.75, 3.05) is 5.43 Å². The SMILES string of the molecule is CC(=NNc1ccc(S(N)(=O)=O)cc1[N+](=O)[O-])c1cc(Cl)ccc1Cl. The molecular weight excluding hydrogens is 391 g/mol. The van der Waals surface area contributed by atoms with Crippen LogP contribution in [-0.2, 0) is 10.0 Å². The molecule has 0 aliphatic carbocycles. The summed E-state index contributed by atoms with van der Waals surface area (Å²) in [5.74, 6) is 0. The smallest absolute Gasteiger partial charge is 0.271 e. The lowest BCUT2D eigenvalue weighted by molar-refractivity contribution is -0.384. The molecular formula is C14H12Cl2N4O4S. The third-order valence-electron chi connectivity index (χ3n) is 3.16. The normalized spacial score (nSPS) is 12.1. The molecule has 0 spiro atoms. The van der Waals surface area contributed by atoms with Gasteiger partial charge in [-0.3, -0.25) is 15.5 Å². The van der Waals surface area contributed by atoms with E-state index in [0.29, 0.717) is 21.3 Å². The third kappa shape index (κ3) is 4.67. The Bertz CT molecular complexity index is 977. The van der Waals surface area contributed by atoms with Gasteiger partial charge in [0.1, 0.15) is 5.69 Å². The van der Waals surface area contributed by atoms with Crippen molar-refractivity contribution >= 4 is 50.3 Å². The van der Waals surface area contributed by atoms with Crippen molar-refractivity contribution in [3.8, 4) is 0 Å². The third-order valence-corrected chi connectivity index (χ3v) is 4.63. The van der Waals surface area contributed by atoms with Crippen molar-refractivity contribution in [3.63, 3.8) is 0 Å². The highest BCUT2D eigenvalue weighted by Gasteiger charge is 2.19. The van der Waals surface area contributed by atoms with Gasteiger partial charge in [-0.15, -0.1) is 0 Å². The van der Waals surface area contributed by atoms with Crippen LogP contribution in [0, 0.1) is 10.1 Å². The molecule has 132 valence electrons. The zero-order valence-electron chi connectivity index (χ0n) is 12.7. The van der Waals surface area contributed by atoms with Crippen LogP contribution in [-0.4, -0.2) is 19.1 Å². The maximum Gasteiger partial charge on any atom is 0.295 e. The van der Waals surface area contributed by atoms with E-state index in [1.54, 1.807) is 25.1 Å². The van der Waals surface area contributed by atoms with Crippen LogP contribution in [0.2, 0.25) is 10.0 Å². The molecule has 0 saturated carbocycles. The summed E-state index contributed by atoms with van der Waals surface area (Å²) in [7, 11) is -4.06. The molecule has 0 unspecified atom stereocenters. The number of nitro groups is 1. The van der Waals surface area contributed by atoms with E-state index in [1.165, 1.54) is 6.07 Å². The minimum absolute atomic E-state index is 0.00472. The van der Waals surface area contributed by atoms with Gasteiger partial charge in [0.05, 0.1) is 15.5 Å². The molecule has 0 bridgehead atoms. The number of nitro benzene ring substituents is 1. The van der Waals surface area contributed by atoms with Crippen LogP contribution in [0.25, 0.3) is 0 Å². The molecule has 25 heavy (non-hydrogen) atoms. The second kappa shape index (κ2) is 7.36. The summed E-state index contributed by atoms with van der Waals surface area (Å²) in [5, 5.41) is 21.0. The van der Waals surface area contributed by atoms with E-state index in [0.717, 1.165) is 12.1 Å². The number of sulfonamides is 1. The average Bonchev–Trinajstić information content (AvgIpc) is 2.53. The molecule has 0 saturated heterocycles. The lowest BCUT2D eigenvalue weighted by Crippen LogP contribution is -2.12. The van der Waals surface area contributed by atoms with E-state index in [2.05, 4.69) is 10.5 Å². The minimum Gasteiger partial charge on any atom is -0.271 e. The number of benzene rings is 2. The second-order valence-electron chi connectivity index (χ2n) is 4.91. The van der Waals surface area contributed by atoms with Crippen molar-refractivity contribution in [1.82, 2.24) is 0 Å². The predicted octanol–water partition coefficient (Wildman–Crippen LogP) is 3.39. The van der Waals surface area contributed by atoms with E-state index in [1.807, 2.05) is 0 Å². The molecule has 0 radical (unpaired) electrons. The monoisotopic (exact) mass is 402 g/mol. The Balaban J connectivity index is 2.40. The van der Waals surface area contributed by atoms with Gasteiger partial charge < -0.3 is 0 Å². The Kier molecular flexibility index (Phi) is 5.63. The quantitative estimate of drug-likeness (QED) is 0.449. The summed E-state index contributed by atoms with van der Waals surface area (Å²) in [5.41, 5.74) is 3.01. The first-order chi connectivity index (χ1) is 11.6. The van der Waals surface area contributed by atoms with Crippen LogP contribution in [0.5, 0.6) is 0 Å². The van der Waals surface area contributed by atoms with E-state index in [4.69, 9.17) is 28.3 Å². The highest BCUT2D eigenvalue weighted by atomic mass is 35.5. The van der Waals surface area contributed by atoms with Gasteiger partial charge >= 0.3 is 0 Å². The predicted molar refractivity (Wildman–Crippen MR) is 96.8 cm³/mol. The summed E-state index contributed by atoms with van der Waals surface area (Å²) >= 11 is 12.0. The fourth-order valence-electron chi connectivity index (χ4n) is 1.91. The molecule has 11 heteroatoms. The van der Waals surface area contributed by atoms with Crippen molar-refractivity contribution in [2.24, 2.45) is 10.2 Å². The van der Waals surface area contributed by atoms with Gasteiger partial charge in [0.25, 0.3) is 5.69 Å². The first-order valence-corrected chi connectivity index (χ1v) is 8.97. The average molecular weight is 403 g/mol. The van der Waals surface area contributed by atoms with Gasteiger partial charge in [0.15, 0.2) is 0 Å². The second-order valence-corrected chi connectivity index (χ2v) is 7.32. The van der Waals surface area contributed by atoms with Crippen molar-refractivity contribution in [3.05, 3.63) is 62.1 Å². The Morgan fingerprint density at radius 3 is 2.52 bits per heavy atom. The first kappa shape index (κ1) is 19.1. The van der Waals surface area contributed by atoms with Gasteiger partial charge in [0.2, 0.25) is 10.0 Å². The number of primary sulfonamides is 1. The first-order valence-electron chi connectivity index (χ1n) is 6.66. The number of hydrogen-bond acceptors (Lipinski definition) is 6. The number of hydrazone groups is 1. The summed E-state index contributed by atoms with van der Waals surface area (Å²) < 4.78 is 22.6. The number of rotatable bonds is 5. The van der Waals surface area contributed by atoms with E-state index in [-0.39, 0.29) is 10.6 Å². The molecule has 2 aromatic carbocycles. The standard InChI is InChI=1S/C14H12Cl2N4O4S/c1-8(11-6-9(15)2-4-12(11)16)18-19-13-5-3-10(25(17,23)24)7-14(13)20(21)22/h2-7,19H,1H3,(H2,17,23,24). The topological polar surface area (TPSA) is 128 Å². The maximum absolute atomic E-state index is 11.3. The zero-order chi connectivity index (χ0) is 18.8. The summed E-state index contributed by atoms with van der Waals surface area (Å²) in [6.07, 6.45) is 0. The summed E-state index contributed by atoms with van der Waals surface area (Å²) in [6.45, 7) is 1.63. The van der Waals surface area contributed by atoms with Crippen LogP contribution >= 0.6 is 23.2 Å². The number of hydrogen-bond donors (Lipinski definition) is 2. The van der Waals surface area contributed by atoms with Gasteiger partial charge in [-0.2, -0.15) is 5.10 Å². The van der Waals surface area contributed by atoms with Crippen molar-refractivity contribution in [2.45, 2.75) is 11.8 Å². The molecule has 0 amide bonds. The van der Waals surface area contributed by atoms with Gasteiger partial charge in [-0.1, -0.05) is 23.2 Å². The summed E-state index contributed by atoms with van der Waals surface area (Å²) in [4.78, 5) is 10.0. The Morgan fingerprint density at radius 2 is 1.92 bits per heavy atom. The number of nitrogens with one attached hydrogen (secondary N) is 1. The van der Waals surface area contributed by atoms with Crippen LogP contribution in [0.1, 0.15) is 12.5 Å². The van der Waals surface area contributed by atoms with Crippen LogP contribution in [0.3, 0.4) is 0 Å². The van der Waals surface area contributed by atoms with Gasteiger partial charge in [-0.05, 0) is 37.3 Å². The summed E-state index contributed by atoms with van der Waals surface area (Å²) in [6, 6.07) is 8.01. The molecule has 0 atom stereocenters. The minimum atomic E-state index is -4.06. The molecule has 0 aliphatic heterocycles. The lowest BCUT2D eigenvalue weighted by atomic mass is 10.1. The fraction of sp³-hybridized carbons (Fsp3) is 0.0714. The molecule has 0 aliphatic rings. The highest BCUT2D eigenvalue weighted by molar-refractivity contribution is 7.89. The number of halogens is 2. The number of anilines is 1. The van der Waals surface area contributed by atoms with Crippen LogP contribution in [0.15, 0.2) is 46.4 Å². The molecule has 8 nitrogen and oxygen atoms in total. The molecule has 0 fully saturated rings. The Hall–Kier alpha value is -2.20. The van der Waals surface area contributed by atoms with E-state index < -0.39 is 20.6 Å². The van der Waals surface area contributed by atoms with Crippen LogP contribution < -0.4 is 10.6 Å². The van der Waals surface area contributed by atoms with Gasteiger partial charge in [0, 0.05) is 21.7 Å². The molecule has 0 aromatic heterocycles. The lowest BCUT2D eigenvalue weighted by Gasteiger charge is -2.07. The van der Waals surface area contributed by atoms with Crippen LogP contribution in [0.4, 0.5) is 11.4 Å².